The predicted molar refractivity (Wildman–Crippen MR) is 112 cm³/mol. The highest BCUT2D eigenvalue weighted by Crippen LogP contribution is 2.36. The van der Waals surface area contributed by atoms with Crippen molar-refractivity contribution >= 4 is 34.9 Å². The van der Waals surface area contributed by atoms with Gasteiger partial charge in [0.05, 0.1) is 10.6 Å². The Bertz CT molecular complexity index is 1140. The van der Waals surface area contributed by atoms with E-state index >= 15 is 0 Å². The van der Waals surface area contributed by atoms with Gasteiger partial charge in [0, 0.05) is 23.6 Å². The molecule has 0 saturated carbocycles. The van der Waals surface area contributed by atoms with Crippen LogP contribution in [0.3, 0.4) is 0 Å². The predicted octanol–water partition coefficient (Wildman–Crippen LogP) is 4.79. The first-order valence-electron chi connectivity index (χ1n) is 8.85. The summed E-state index contributed by atoms with van der Waals surface area (Å²) in [6, 6.07) is 11.4. The van der Waals surface area contributed by atoms with Gasteiger partial charge in [-0.2, -0.15) is 13.2 Å². The lowest BCUT2D eigenvalue weighted by atomic mass is 10.2. The summed E-state index contributed by atoms with van der Waals surface area (Å²) < 4.78 is 44.4. The van der Waals surface area contributed by atoms with E-state index in [1.807, 2.05) is 5.43 Å². The number of pyridine rings is 1. The normalized spacial score (nSPS) is 10.9. The van der Waals surface area contributed by atoms with Gasteiger partial charge in [0.2, 0.25) is 0 Å². The molecule has 1 heterocycles. The number of urea groups is 1. The summed E-state index contributed by atoms with van der Waals surface area (Å²) in [6.45, 7) is 0. The van der Waals surface area contributed by atoms with E-state index in [4.69, 9.17) is 22.2 Å². The van der Waals surface area contributed by atoms with Crippen LogP contribution in [0.1, 0.15) is 16.1 Å². The summed E-state index contributed by atoms with van der Waals surface area (Å²) >= 11 is 5.56. The molecule has 3 rings (SSSR count). The summed E-state index contributed by atoms with van der Waals surface area (Å²) in [5, 5.41) is 4.33. The Hall–Kier alpha value is -3.83. The molecule has 0 atom stereocenters. The number of benzene rings is 2. The van der Waals surface area contributed by atoms with Crippen LogP contribution in [0.15, 0.2) is 60.8 Å². The average Bonchev–Trinajstić information content (AvgIpc) is 2.75. The number of hydrogen-bond acceptors (Lipinski definition) is 5. The highest BCUT2D eigenvalue weighted by atomic mass is 35.5. The number of halogens is 4. The number of alkyl halides is 3. The van der Waals surface area contributed by atoms with Gasteiger partial charge >= 0.3 is 12.2 Å². The van der Waals surface area contributed by atoms with Crippen molar-refractivity contribution in [2.75, 3.05) is 10.6 Å². The lowest BCUT2D eigenvalue weighted by molar-refractivity contribution is -0.137. The zero-order valence-corrected chi connectivity index (χ0v) is 16.8. The number of hydrogen-bond donors (Lipinski definition) is 4. The molecule has 2 aromatic carbocycles. The fraction of sp³-hybridized carbons (Fsp3) is 0.0500. The van der Waals surface area contributed by atoms with Crippen molar-refractivity contribution in [3.05, 3.63) is 77.1 Å². The lowest BCUT2D eigenvalue weighted by Crippen LogP contribution is -2.30. The van der Waals surface area contributed by atoms with Crippen molar-refractivity contribution in [3.8, 4) is 11.5 Å². The van der Waals surface area contributed by atoms with Crippen LogP contribution in [0.25, 0.3) is 0 Å². The van der Waals surface area contributed by atoms with Crippen LogP contribution in [0.4, 0.5) is 29.3 Å². The fourth-order valence-electron chi connectivity index (χ4n) is 2.53. The van der Waals surface area contributed by atoms with Gasteiger partial charge < -0.3 is 15.4 Å². The first-order chi connectivity index (χ1) is 15.2. The van der Waals surface area contributed by atoms with Gasteiger partial charge in [0.15, 0.2) is 0 Å². The van der Waals surface area contributed by atoms with Gasteiger partial charge in [0.1, 0.15) is 17.2 Å². The number of nitrogens with two attached hydrogens (primary N) is 1. The van der Waals surface area contributed by atoms with E-state index in [1.54, 1.807) is 12.1 Å². The van der Waals surface area contributed by atoms with Crippen LogP contribution in [0, 0.1) is 0 Å². The number of aromatic nitrogens is 1. The molecule has 5 N–H and O–H groups in total. The van der Waals surface area contributed by atoms with Gasteiger partial charge in [-0.05, 0) is 48.5 Å². The SMILES string of the molecule is NNC(=O)c1cc(Oc2ccc(NC(=O)Nc3ccc(Cl)c(C(F)(F)F)c3)cc2)ccn1. The number of ether oxygens (including phenoxy) is 1. The van der Waals surface area contributed by atoms with E-state index in [0.717, 1.165) is 12.1 Å². The second kappa shape index (κ2) is 9.54. The maximum atomic E-state index is 12.9. The Balaban J connectivity index is 1.62. The highest BCUT2D eigenvalue weighted by molar-refractivity contribution is 6.31. The summed E-state index contributed by atoms with van der Waals surface area (Å²) in [6.07, 6.45) is -3.27. The van der Waals surface area contributed by atoms with Crippen LogP contribution >= 0.6 is 11.6 Å². The Morgan fingerprint density at radius 3 is 2.25 bits per heavy atom. The highest BCUT2D eigenvalue weighted by Gasteiger charge is 2.33. The Kier molecular flexibility index (Phi) is 6.81. The van der Waals surface area contributed by atoms with Gasteiger partial charge in [-0.3, -0.25) is 15.2 Å². The second-order valence-corrected chi connectivity index (χ2v) is 6.66. The zero-order chi connectivity index (χ0) is 23.3. The molecule has 0 radical (unpaired) electrons. The first kappa shape index (κ1) is 22.8. The maximum absolute atomic E-state index is 12.9. The number of rotatable bonds is 5. The van der Waals surface area contributed by atoms with Gasteiger partial charge in [0.25, 0.3) is 5.91 Å². The average molecular weight is 466 g/mol. The molecule has 0 saturated heterocycles. The number of amides is 3. The molecule has 166 valence electrons. The van der Waals surface area contributed by atoms with E-state index in [2.05, 4.69) is 15.6 Å². The molecule has 0 unspecified atom stereocenters. The Morgan fingerprint density at radius 2 is 1.59 bits per heavy atom. The molecule has 0 aliphatic carbocycles. The summed E-state index contributed by atoms with van der Waals surface area (Å²) in [5.74, 6) is 5.22. The van der Waals surface area contributed by atoms with Crippen LogP contribution in [-0.2, 0) is 6.18 Å². The molecule has 8 nitrogen and oxygen atoms in total. The monoisotopic (exact) mass is 465 g/mol. The molecule has 0 aliphatic rings. The van der Waals surface area contributed by atoms with E-state index in [1.165, 1.54) is 36.5 Å². The number of nitrogens with zero attached hydrogens (tertiary/aromatic N) is 1. The van der Waals surface area contributed by atoms with Crippen molar-refractivity contribution in [2.24, 2.45) is 5.84 Å². The fourth-order valence-corrected chi connectivity index (χ4v) is 2.75. The van der Waals surface area contributed by atoms with Crippen LogP contribution in [-0.4, -0.2) is 16.9 Å². The zero-order valence-electron chi connectivity index (χ0n) is 16.0. The minimum Gasteiger partial charge on any atom is -0.457 e. The van der Waals surface area contributed by atoms with Crippen molar-refractivity contribution in [3.63, 3.8) is 0 Å². The molecule has 1 aromatic heterocycles. The minimum atomic E-state index is -4.65. The number of hydrazine groups is 1. The number of nitrogen functional groups attached to an aromatic ring is 1. The van der Waals surface area contributed by atoms with E-state index < -0.39 is 28.7 Å². The molecule has 32 heavy (non-hydrogen) atoms. The molecule has 0 fully saturated rings. The minimum absolute atomic E-state index is 0.0656. The molecule has 3 amide bonds. The molecule has 0 spiro atoms. The number of carbonyl (C=O) groups is 2. The van der Waals surface area contributed by atoms with Crippen molar-refractivity contribution in [1.29, 1.82) is 0 Å². The lowest BCUT2D eigenvalue weighted by Gasteiger charge is -2.12. The van der Waals surface area contributed by atoms with Gasteiger partial charge in [-0.25, -0.2) is 10.6 Å². The molecular formula is C20H15ClF3N5O3. The van der Waals surface area contributed by atoms with E-state index in [-0.39, 0.29) is 11.4 Å². The summed E-state index contributed by atoms with van der Waals surface area (Å²) in [7, 11) is 0. The molecule has 0 aliphatic heterocycles. The quantitative estimate of drug-likeness (QED) is 0.245. The Morgan fingerprint density at radius 1 is 0.938 bits per heavy atom. The second-order valence-electron chi connectivity index (χ2n) is 6.25. The van der Waals surface area contributed by atoms with Crippen LogP contribution in [0.2, 0.25) is 5.02 Å². The number of nitrogens with one attached hydrogen (secondary N) is 3. The Labute approximate surface area is 184 Å². The smallest absolute Gasteiger partial charge is 0.417 e. The van der Waals surface area contributed by atoms with E-state index in [0.29, 0.717) is 17.2 Å². The van der Waals surface area contributed by atoms with Crippen molar-refractivity contribution in [2.45, 2.75) is 6.18 Å². The number of carbonyl (C=O) groups excluding carboxylic acids is 2. The molecule has 12 heteroatoms. The maximum Gasteiger partial charge on any atom is 0.417 e. The standard InChI is InChI=1S/C20H15ClF3N5O3/c21-16-6-3-12(9-15(16)20(22,23)24)28-19(31)27-11-1-4-13(5-2-11)32-14-7-8-26-17(10-14)18(30)29-25/h1-10H,25H2,(H,29,30)(H2,27,28,31). The summed E-state index contributed by atoms with van der Waals surface area (Å²) in [4.78, 5) is 27.5. The van der Waals surface area contributed by atoms with E-state index in [9.17, 15) is 22.8 Å². The third-order valence-corrected chi connectivity index (χ3v) is 4.30. The third-order valence-electron chi connectivity index (χ3n) is 3.97. The molecule has 3 aromatic rings. The van der Waals surface area contributed by atoms with Gasteiger partial charge in [-0.15, -0.1) is 0 Å². The van der Waals surface area contributed by atoms with Crippen LogP contribution in [0.5, 0.6) is 11.5 Å². The number of anilines is 2. The van der Waals surface area contributed by atoms with Crippen molar-refractivity contribution < 1.29 is 27.5 Å². The largest absolute Gasteiger partial charge is 0.457 e. The topological polar surface area (TPSA) is 118 Å². The third kappa shape index (κ3) is 5.86. The summed E-state index contributed by atoms with van der Waals surface area (Å²) in [5.41, 5.74) is 1.26. The van der Waals surface area contributed by atoms with Gasteiger partial charge in [-0.1, -0.05) is 11.6 Å². The van der Waals surface area contributed by atoms with Crippen molar-refractivity contribution in [1.82, 2.24) is 10.4 Å². The first-order valence-corrected chi connectivity index (χ1v) is 9.23. The van der Waals surface area contributed by atoms with Crippen LogP contribution < -0.4 is 26.6 Å². The molecule has 0 bridgehead atoms. The molecular weight excluding hydrogens is 451 g/mol.